The second kappa shape index (κ2) is 9.91. The van der Waals surface area contributed by atoms with Gasteiger partial charge in [-0.2, -0.15) is 5.10 Å². The summed E-state index contributed by atoms with van der Waals surface area (Å²) in [5, 5.41) is 8.54. The third kappa shape index (κ3) is 4.88. The zero-order chi connectivity index (χ0) is 23.5. The number of aromatic nitrogens is 3. The molecule has 0 radical (unpaired) electrons. The van der Waals surface area contributed by atoms with Crippen molar-refractivity contribution in [2.24, 2.45) is 0 Å². The number of nitrogens with one attached hydrogen (secondary N) is 1. The Bertz CT molecular complexity index is 1100. The van der Waals surface area contributed by atoms with E-state index in [2.05, 4.69) is 55.1 Å². The fraction of sp³-hybridized carbons (Fsp3) is 0.500. The van der Waals surface area contributed by atoms with Gasteiger partial charge in [-0.25, -0.2) is 9.67 Å². The van der Waals surface area contributed by atoms with Crippen molar-refractivity contribution < 1.29 is 9.53 Å². The Labute approximate surface area is 196 Å². The molecule has 1 aromatic carbocycles. The Morgan fingerprint density at radius 2 is 1.82 bits per heavy atom. The Balaban J connectivity index is 1.62. The van der Waals surface area contributed by atoms with E-state index in [9.17, 15) is 4.79 Å². The highest BCUT2D eigenvalue weighted by molar-refractivity contribution is 6.05. The molecule has 1 aliphatic heterocycles. The Kier molecular flexibility index (Phi) is 6.98. The van der Waals surface area contributed by atoms with Crippen LogP contribution >= 0.6 is 0 Å². The highest BCUT2D eigenvalue weighted by atomic mass is 16.5. The average molecular weight is 450 g/mol. The number of amides is 1. The first-order valence-corrected chi connectivity index (χ1v) is 11.9. The van der Waals surface area contributed by atoms with Crippen molar-refractivity contribution in [1.82, 2.24) is 25.0 Å². The Morgan fingerprint density at radius 1 is 1.12 bits per heavy atom. The molecular formula is C26H35N5O2. The first-order chi connectivity index (χ1) is 15.9. The zero-order valence-corrected chi connectivity index (χ0v) is 20.3. The van der Waals surface area contributed by atoms with Crippen LogP contribution in [-0.4, -0.2) is 52.3 Å². The summed E-state index contributed by atoms with van der Waals surface area (Å²) < 4.78 is 7.21. The van der Waals surface area contributed by atoms with Gasteiger partial charge in [0.25, 0.3) is 5.91 Å². The predicted molar refractivity (Wildman–Crippen MR) is 131 cm³/mol. The molecule has 4 rings (SSSR count). The van der Waals surface area contributed by atoms with Crippen molar-refractivity contribution in [3.8, 4) is 5.75 Å². The van der Waals surface area contributed by atoms with Crippen LogP contribution in [-0.2, 0) is 0 Å². The van der Waals surface area contributed by atoms with Crippen molar-refractivity contribution in [2.75, 3.05) is 26.7 Å². The molecule has 3 aromatic rings. The molecule has 1 aliphatic rings. The quantitative estimate of drug-likeness (QED) is 0.539. The lowest BCUT2D eigenvalue weighted by Gasteiger charge is -2.28. The maximum absolute atomic E-state index is 13.4. The maximum atomic E-state index is 13.4. The summed E-state index contributed by atoms with van der Waals surface area (Å²) in [4.78, 5) is 20.7. The number of carbonyl (C=O) groups excluding carboxylic acids is 1. The number of hydrogen-bond acceptors (Lipinski definition) is 5. The predicted octanol–water partition coefficient (Wildman–Crippen LogP) is 4.71. The van der Waals surface area contributed by atoms with Crippen molar-refractivity contribution >= 4 is 16.9 Å². The standard InChI is InChI=1S/C26H35N5O2/c1-17(2)23-14-21(22-15-28-31(18(3)4)25(22)29-23)26(32)27-16-24(30-12-6-7-13-30)19-8-10-20(33-5)11-9-19/h8-11,14-15,17-18,24H,6-7,12-13,16H2,1-5H3,(H,27,32). The van der Waals surface area contributed by atoms with Crippen LogP contribution in [0.4, 0.5) is 0 Å². The summed E-state index contributed by atoms with van der Waals surface area (Å²) in [6, 6.07) is 10.4. The minimum atomic E-state index is -0.0784. The Hall–Kier alpha value is -2.93. The minimum Gasteiger partial charge on any atom is -0.497 e. The van der Waals surface area contributed by atoms with Crippen molar-refractivity contribution in [1.29, 1.82) is 0 Å². The van der Waals surface area contributed by atoms with E-state index >= 15 is 0 Å². The molecule has 1 unspecified atom stereocenters. The minimum absolute atomic E-state index is 0.0784. The van der Waals surface area contributed by atoms with Gasteiger partial charge in [0.2, 0.25) is 0 Å². The molecule has 33 heavy (non-hydrogen) atoms. The molecule has 3 heterocycles. The van der Waals surface area contributed by atoms with E-state index in [0.29, 0.717) is 12.1 Å². The van der Waals surface area contributed by atoms with Crippen LogP contribution in [0.3, 0.4) is 0 Å². The second-order valence-corrected chi connectivity index (χ2v) is 9.41. The highest BCUT2D eigenvalue weighted by Gasteiger charge is 2.25. The molecule has 0 spiro atoms. The number of carbonyl (C=O) groups is 1. The summed E-state index contributed by atoms with van der Waals surface area (Å²) in [7, 11) is 1.68. The summed E-state index contributed by atoms with van der Waals surface area (Å²) in [5.74, 6) is 0.976. The zero-order valence-electron chi connectivity index (χ0n) is 20.3. The van der Waals surface area contributed by atoms with E-state index in [0.717, 1.165) is 35.6 Å². The molecule has 176 valence electrons. The van der Waals surface area contributed by atoms with Crippen LogP contribution in [0.25, 0.3) is 11.0 Å². The van der Waals surface area contributed by atoms with Crippen molar-refractivity contribution in [2.45, 2.75) is 58.5 Å². The first-order valence-electron chi connectivity index (χ1n) is 11.9. The third-order valence-electron chi connectivity index (χ3n) is 6.45. The molecule has 0 saturated carbocycles. The van der Waals surface area contributed by atoms with E-state index in [4.69, 9.17) is 9.72 Å². The topological polar surface area (TPSA) is 72.3 Å². The first kappa shape index (κ1) is 23.2. The lowest BCUT2D eigenvalue weighted by Crippen LogP contribution is -2.37. The van der Waals surface area contributed by atoms with E-state index < -0.39 is 0 Å². The lowest BCUT2D eigenvalue weighted by atomic mass is 10.0. The van der Waals surface area contributed by atoms with E-state index in [1.165, 1.54) is 18.4 Å². The number of fused-ring (bicyclic) bond motifs is 1. The van der Waals surface area contributed by atoms with E-state index in [1.807, 2.05) is 22.9 Å². The fourth-order valence-corrected chi connectivity index (χ4v) is 4.52. The van der Waals surface area contributed by atoms with Crippen LogP contribution in [0.1, 0.15) is 80.2 Å². The number of benzene rings is 1. The smallest absolute Gasteiger partial charge is 0.252 e. The van der Waals surface area contributed by atoms with E-state index in [1.54, 1.807) is 13.3 Å². The molecule has 7 nitrogen and oxygen atoms in total. The number of methoxy groups -OCH3 is 1. The number of rotatable bonds is 8. The summed E-state index contributed by atoms with van der Waals surface area (Å²) in [5.41, 5.74) is 3.51. The van der Waals surface area contributed by atoms with Gasteiger partial charge in [0.15, 0.2) is 5.65 Å². The van der Waals surface area contributed by atoms with Gasteiger partial charge in [0.05, 0.1) is 30.3 Å². The molecule has 1 N–H and O–H groups in total. The Morgan fingerprint density at radius 3 is 2.42 bits per heavy atom. The number of pyridine rings is 1. The molecule has 1 saturated heterocycles. The van der Waals surface area contributed by atoms with Gasteiger partial charge >= 0.3 is 0 Å². The van der Waals surface area contributed by atoms with Crippen LogP contribution in [0, 0.1) is 0 Å². The van der Waals surface area contributed by atoms with E-state index in [-0.39, 0.29) is 23.9 Å². The number of ether oxygens (including phenoxy) is 1. The summed E-state index contributed by atoms with van der Waals surface area (Å²) in [6.07, 6.45) is 4.15. The summed E-state index contributed by atoms with van der Waals surface area (Å²) in [6.45, 7) is 11.0. The SMILES string of the molecule is COc1ccc(C(CNC(=O)c2cc(C(C)C)nc3c2cnn3C(C)C)N2CCCC2)cc1. The monoisotopic (exact) mass is 449 g/mol. The second-order valence-electron chi connectivity index (χ2n) is 9.41. The van der Waals surface area contributed by atoms with Gasteiger partial charge in [0.1, 0.15) is 5.75 Å². The van der Waals surface area contributed by atoms with Gasteiger partial charge < -0.3 is 10.1 Å². The molecule has 0 bridgehead atoms. The number of likely N-dealkylation sites (tertiary alicyclic amines) is 1. The molecule has 1 fully saturated rings. The molecule has 0 aliphatic carbocycles. The average Bonchev–Trinajstić information content (AvgIpc) is 3.49. The van der Waals surface area contributed by atoms with Gasteiger partial charge in [-0.1, -0.05) is 26.0 Å². The van der Waals surface area contributed by atoms with Crippen molar-refractivity contribution in [3.63, 3.8) is 0 Å². The van der Waals surface area contributed by atoms with Crippen LogP contribution in [0.5, 0.6) is 5.75 Å². The molecule has 1 amide bonds. The number of hydrogen-bond donors (Lipinski definition) is 1. The van der Waals surface area contributed by atoms with Gasteiger partial charge in [-0.15, -0.1) is 0 Å². The summed E-state index contributed by atoms with van der Waals surface area (Å²) >= 11 is 0. The molecular weight excluding hydrogens is 414 g/mol. The van der Waals surface area contributed by atoms with Crippen LogP contribution in [0.2, 0.25) is 0 Å². The van der Waals surface area contributed by atoms with Crippen LogP contribution in [0.15, 0.2) is 36.5 Å². The van der Waals surface area contributed by atoms with Gasteiger partial charge in [-0.3, -0.25) is 9.69 Å². The molecule has 1 atom stereocenters. The van der Waals surface area contributed by atoms with Crippen molar-refractivity contribution in [3.05, 3.63) is 53.3 Å². The van der Waals surface area contributed by atoms with Gasteiger partial charge in [0, 0.05) is 18.3 Å². The lowest BCUT2D eigenvalue weighted by molar-refractivity contribution is 0.0939. The fourth-order valence-electron chi connectivity index (χ4n) is 4.52. The maximum Gasteiger partial charge on any atom is 0.252 e. The van der Waals surface area contributed by atoms with Crippen LogP contribution < -0.4 is 10.1 Å². The highest BCUT2D eigenvalue weighted by Crippen LogP contribution is 2.27. The molecule has 7 heteroatoms. The molecule has 2 aromatic heterocycles. The normalized spacial score (nSPS) is 15.5. The largest absolute Gasteiger partial charge is 0.497 e. The van der Waals surface area contributed by atoms with Gasteiger partial charge in [-0.05, 0) is 69.5 Å². The third-order valence-corrected chi connectivity index (χ3v) is 6.45. The number of nitrogens with zero attached hydrogens (tertiary/aromatic N) is 4.